The van der Waals surface area contributed by atoms with Crippen molar-refractivity contribution in [3.05, 3.63) is 0 Å². The Morgan fingerprint density at radius 1 is 0.227 bits per heavy atom. The van der Waals surface area contributed by atoms with Crippen LogP contribution in [0.2, 0.25) is 0 Å². The Labute approximate surface area is 302 Å². The zero-order valence-electron chi connectivity index (χ0n) is 31.7. The van der Waals surface area contributed by atoms with E-state index in [4.69, 9.17) is 0 Å². The van der Waals surface area contributed by atoms with Gasteiger partial charge in [-0.1, -0.05) is 155 Å². The summed E-state index contributed by atoms with van der Waals surface area (Å²) in [4.78, 5) is 0. The van der Waals surface area contributed by atoms with Gasteiger partial charge in [0.05, 0.1) is 54.4 Å². The minimum absolute atomic E-state index is 0. The summed E-state index contributed by atoms with van der Waals surface area (Å²) >= 11 is 0. The van der Waals surface area contributed by atoms with Gasteiger partial charge in [0, 0.05) is 0 Å². The molecule has 0 heterocycles. The predicted molar refractivity (Wildman–Crippen MR) is 194 cm³/mol. The number of unbranched alkanes of at least 4 members (excludes halogenated alkanes) is 27. The molecule has 0 aliphatic heterocycles. The summed E-state index contributed by atoms with van der Waals surface area (Å²) in [6.07, 6.45) is 43.5. The Bertz CT molecular complexity index is 478. The highest BCUT2D eigenvalue weighted by Crippen LogP contribution is 2.16. The van der Waals surface area contributed by atoms with Gasteiger partial charge < -0.3 is 42.9 Å². The molecule has 2 nitrogen and oxygen atoms in total. The van der Waals surface area contributed by atoms with E-state index in [-0.39, 0.29) is 34.0 Å². The van der Waals surface area contributed by atoms with Gasteiger partial charge in [-0.05, 0) is 51.4 Å². The summed E-state index contributed by atoms with van der Waals surface area (Å²) in [7, 11) is 9.86. The van der Waals surface area contributed by atoms with Gasteiger partial charge in [-0.15, -0.1) is 0 Å². The third-order valence-corrected chi connectivity index (χ3v) is 10.0. The lowest BCUT2D eigenvalue weighted by Crippen LogP contribution is -3.00. The van der Waals surface area contributed by atoms with Crippen LogP contribution in [0.5, 0.6) is 0 Å². The van der Waals surface area contributed by atoms with Gasteiger partial charge in [-0.2, -0.15) is 0 Å². The first kappa shape index (κ1) is 49.3. The molecule has 0 aromatic carbocycles. The SMILES string of the molecule is CCCCCCCCCCCC[N+](C)(C)CCCCCCCCCCCC[N+](C)(C)CCCCCCCCCCCC.[Br-].[Br-]. The van der Waals surface area contributed by atoms with Gasteiger partial charge in [0.2, 0.25) is 0 Å². The molecule has 0 fully saturated rings. The van der Waals surface area contributed by atoms with Crippen molar-refractivity contribution in [2.75, 3.05) is 54.4 Å². The van der Waals surface area contributed by atoms with Crippen LogP contribution in [0.3, 0.4) is 0 Å². The van der Waals surface area contributed by atoms with Gasteiger partial charge in [-0.25, -0.2) is 0 Å². The fraction of sp³-hybridized carbons (Fsp3) is 1.00. The van der Waals surface area contributed by atoms with Crippen LogP contribution in [-0.4, -0.2) is 63.3 Å². The van der Waals surface area contributed by atoms with Crippen LogP contribution < -0.4 is 34.0 Å². The number of hydrogen-bond donors (Lipinski definition) is 0. The number of nitrogens with zero attached hydrogens (tertiary/aromatic N) is 2. The molecule has 0 spiro atoms. The summed E-state index contributed by atoms with van der Waals surface area (Å²) in [5, 5.41) is 0. The number of hydrogen-bond acceptors (Lipinski definition) is 0. The Morgan fingerprint density at radius 2 is 0.364 bits per heavy atom. The summed E-state index contributed by atoms with van der Waals surface area (Å²) in [6, 6.07) is 0. The summed E-state index contributed by atoms with van der Waals surface area (Å²) in [5.41, 5.74) is 0. The minimum Gasteiger partial charge on any atom is -1.00 e. The lowest BCUT2D eigenvalue weighted by Gasteiger charge is -2.30. The molecule has 0 N–H and O–H groups in total. The van der Waals surface area contributed by atoms with Crippen molar-refractivity contribution in [1.29, 1.82) is 0 Å². The largest absolute Gasteiger partial charge is 1.00 e. The average molecular weight is 755 g/mol. The van der Waals surface area contributed by atoms with Gasteiger partial charge >= 0.3 is 0 Å². The first-order valence-electron chi connectivity index (χ1n) is 20.0. The first-order chi connectivity index (χ1) is 20.3. The maximum atomic E-state index is 2.46. The van der Waals surface area contributed by atoms with E-state index in [2.05, 4.69) is 42.0 Å². The van der Waals surface area contributed by atoms with Gasteiger partial charge in [0.25, 0.3) is 0 Å². The lowest BCUT2D eigenvalue weighted by molar-refractivity contribution is -0.890. The van der Waals surface area contributed by atoms with Crippen molar-refractivity contribution in [1.82, 2.24) is 0 Å². The van der Waals surface area contributed by atoms with E-state index in [1.807, 2.05) is 0 Å². The van der Waals surface area contributed by atoms with Gasteiger partial charge in [0.15, 0.2) is 0 Å². The van der Waals surface area contributed by atoms with E-state index in [1.165, 1.54) is 228 Å². The molecule has 0 aromatic rings. The fourth-order valence-corrected chi connectivity index (χ4v) is 6.77. The molecule has 0 rings (SSSR count). The molecule has 0 saturated heterocycles. The molecule has 0 saturated carbocycles. The van der Waals surface area contributed by atoms with Crippen LogP contribution in [-0.2, 0) is 0 Å². The van der Waals surface area contributed by atoms with Crippen LogP contribution in [0.4, 0.5) is 0 Å². The van der Waals surface area contributed by atoms with Crippen molar-refractivity contribution in [2.24, 2.45) is 0 Å². The van der Waals surface area contributed by atoms with E-state index in [9.17, 15) is 0 Å². The molecule has 270 valence electrons. The van der Waals surface area contributed by atoms with Crippen molar-refractivity contribution in [3.8, 4) is 0 Å². The van der Waals surface area contributed by atoms with E-state index in [0.717, 1.165) is 0 Å². The van der Waals surface area contributed by atoms with Crippen molar-refractivity contribution >= 4 is 0 Å². The highest BCUT2D eigenvalue weighted by molar-refractivity contribution is 4.52. The van der Waals surface area contributed by atoms with E-state index >= 15 is 0 Å². The monoisotopic (exact) mass is 753 g/mol. The molecule has 0 aromatic heterocycles. The highest BCUT2D eigenvalue weighted by Gasteiger charge is 2.14. The molecular weight excluding hydrogens is 668 g/mol. The summed E-state index contributed by atoms with van der Waals surface area (Å²) < 4.78 is 2.48. The Kier molecular flexibility index (Phi) is 41.1. The maximum absolute atomic E-state index is 2.46. The summed E-state index contributed by atoms with van der Waals surface area (Å²) in [6.45, 7) is 10.1. The van der Waals surface area contributed by atoms with Crippen LogP contribution >= 0.6 is 0 Å². The normalized spacial score (nSPS) is 11.9. The molecule has 0 atom stereocenters. The Balaban J connectivity index is -0.00000840. The zero-order chi connectivity index (χ0) is 31.0. The lowest BCUT2D eigenvalue weighted by atomic mass is 10.1. The Morgan fingerprint density at radius 3 is 0.523 bits per heavy atom. The third-order valence-electron chi connectivity index (χ3n) is 10.0. The average Bonchev–Trinajstić information content (AvgIpc) is 2.95. The quantitative estimate of drug-likeness (QED) is 0.0489. The second kappa shape index (κ2) is 36.7. The first-order valence-corrected chi connectivity index (χ1v) is 20.0. The van der Waals surface area contributed by atoms with Gasteiger partial charge in [-0.3, -0.25) is 0 Å². The van der Waals surface area contributed by atoms with E-state index < -0.39 is 0 Å². The van der Waals surface area contributed by atoms with Crippen LogP contribution in [0, 0.1) is 0 Å². The minimum atomic E-state index is 0. The van der Waals surface area contributed by atoms with E-state index in [0.29, 0.717) is 0 Å². The van der Waals surface area contributed by atoms with Crippen LogP contribution in [0.15, 0.2) is 0 Å². The molecular formula is C40H86Br2N2. The van der Waals surface area contributed by atoms with Crippen LogP contribution in [0.1, 0.15) is 206 Å². The number of rotatable bonds is 35. The van der Waals surface area contributed by atoms with Gasteiger partial charge in [0.1, 0.15) is 0 Å². The number of quaternary nitrogens is 2. The highest BCUT2D eigenvalue weighted by atomic mass is 79.9. The van der Waals surface area contributed by atoms with Crippen molar-refractivity contribution in [3.63, 3.8) is 0 Å². The smallest absolute Gasteiger partial charge is 0.0782 e. The molecule has 0 bridgehead atoms. The van der Waals surface area contributed by atoms with Crippen molar-refractivity contribution < 1.29 is 42.9 Å². The third kappa shape index (κ3) is 39.1. The molecule has 4 heteroatoms. The molecule has 44 heavy (non-hydrogen) atoms. The standard InChI is InChI=1S/C40H86N2.2BrH/c1-7-9-11-13-15-17-21-25-29-33-37-41(3,4)39-35-31-27-23-19-20-24-28-32-36-40-42(5,6)38-34-30-26-22-18-16-14-12-10-8-2;;/h7-40H2,1-6H3;2*1H/q+2;;/p-2. The molecule has 0 aliphatic carbocycles. The molecule has 0 aliphatic rings. The maximum Gasteiger partial charge on any atom is 0.0782 e. The second-order valence-corrected chi connectivity index (χ2v) is 15.7. The van der Waals surface area contributed by atoms with Crippen LogP contribution in [0.25, 0.3) is 0 Å². The molecule has 0 radical (unpaired) electrons. The zero-order valence-corrected chi connectivity index (χ0v) is 34.9. The second-order valence-electron chi connectivity index (χ2n) is 15.7. The summed E-state index contributed by atoms with van der Waals surface area (Å²) in [5.74, 6) is 0. The predicted octanol–water partition coefficient (Wildman–Crippen LogP) is 6.89. The molecule has 0 unspecified atom stereocenters. The Hall–Kier alpha value is 0.880. The topological polar surface area (TPSA) is 0 Å². The van der Waals surface area contributed by atoms with Crippen molar-refractivity contribution in [2.45, 2.75) is 206 Å². The van der Waals surface area contributed by atoms with E-state index in [1.54, 1.807) is 0 Å². The number of halogens is 2. The molecule has 0 amide bonds. The fourth-order valence-electron chi connectivity index (χ4n) is 6.77.